The van der Waals surface area contributed by atoms with Gasteiger partial charge in [-0.1, -0.05) is 12.1 Å². The quantitative estimate of drug-likeness (QED) is 0.724. The van der Waals surface area contributed by atoms with Crippen molar-refractivity contribution in [2.45, 2.75) is 19.9 Å². The van der Waals surface area contributed by atoms with Crippen LogP contribution < -0.4 is 16.4 Å². The van der Waals surface area contributed by atoms with Crippen LogP contribution in [0.3, 0.4) is 0 Å². The van der Waals surface area contributed by atoms with E-state index in [-0.39, 0.29) is 24.2 Å². The van der Waals surface area contributed by atoms with Gasteiger partial charge in [0.05, 0.1) is 0 Å². The summed E-state index contributed by atoms with van der Waals surface area (Å²) in [4.78, 5) is 22.9. The summed E-state index contributed by atoms with van der Waals surface area (Å²) in [5, 5.41) is 5.48. The minimum atomic E-state index is -0.104. The number of nitrogens with one attached hydrogen (secondary N) is 2. The molecule has 1 aromatic carbocycles. The summed E-state index contributed by atoms with van der Waals surface area (Å²) in [6.45, 7) is 3.21. The lowest BCUT2D eigenvalue weighted by Gasteiger charge is -2.07. The van der Waals surface area contributed by atoms with Gasteiger partial charge in [0.25, 0.3) is 5.91 Å². The molecule has 4 N–H and O–H groups in total. The lowest BCUT2D eigenvalue weighted by Crippen LogP contribution is -2.25. The van der Waals surface area contributed by atoms with E-state index < -0.39 is 0 Å². The normalized spacial score (nSPS) is 9.37. The third-order valence-corrected chi connectivity index (χ3v) is 2.39. The Kier molecular flexibility index (Phi) is 8.57. The van der Waals surface area contributed by atoms with Crippen molar-refractivity contribution in [3.63, 3.8) is 0 Å². The first-order chi connectivity index (χ1) is 8.67. The number of hydrogen-bond donors (Lipinski definition) is 3. The maximum Gasteiger partial charge on any atom is 0.251 e. The molecule has 6 heteroatoms. The SMILES string of the molecule is CCNC(=O)c1cccc(CNC(=O)CCN)c1.Cl. The molecule has 0 radical (unpaired) electrons. The monoisotopic (exact) mass is 285 g/mol. The zero-order chi connectivity index (χ0) is 13.4. The van der Waals surface area contributed by atoms with Crippen LogP contribution in [0.2, 0.25) is 0 Å². The summed E-state index contributed by atoms with van der Waals surface area (Å²) in [6, 6.07) is 7.18. The summed E-state index contributed by atoms with van der Waals surface area (Å²) < 4.78 is 0. The van der Waals surface area contributed by atoms with Crippen molar-refractivity contribution in [3.8, 4) is 0 Å². The highest BCUT2D eigenvalue weighted by Gasteiger charge is 2.05. The van der Waals surface area contributed by atoms with Crippen LogP contribution in [-0.4, -0.2) is 24.9 Å². The first kappa shape index (κ1) is 17.4. The largest absolute Gasteiger partial charge is 0.352 e. The molecule has 1 rings (SSSR count). The van der Waals surface area contributed by atoms with Crippen LogP contribution in [0.1, 0.15) is 29.3 Å². The van der Waals surface area contributed by atoms with Gasteiger partial charge in [0.2, 0.25) is 5.91 Å². The molecule has 0 unspecified atom stereocenters. The third-order valence-electron chi connectivity index (χ3n) is 2.39. The Balaban J connectivity index is 0.00000324. The molecule has 5 nitrogen and oxygen atoms in total. The first-order valence-electron chi connectivity index (χ1n) is 6.01. The number of halogens is 1. The molecule has 1 aromatic rings. The van der Waals surface area contributed by atoms with Gasteiger partial charge in [-0.15, -0.1) is 12.4 Å². The maximum atomic E-state index is 11.6. The number of amides is 2. The van der Waals surface area contributed by atoms with Crippen LogP contribution in [0.15, 0.2) is 24.3 Å². The average Bonchev–Trinajstić information content (AvgIpc) is 2.37. The van der Waals surface area contributed by atoms with Gasteiger partial charge >= 0.3 is 0 Å². The summed E-state index contributed by atoms with van der Waals surface area (Å²) >= 11 is 0. The van der Waals surface area contributed by atoms with Gasteiger partial charge < -0.3 is 16.4 Å². The maximum absolute atomic E-state index is 11.6. The number of carbonyl (C=O) groups excluding carboxylic acids is 2. The zero-order valence-electron chi connectivity index (χ0n) is 10.9. The van der Waals surface area contributed by atoms with Gasteiger partial charge in [0.15, 0.2) is 0 Å². The standard InChI is InChI=1S/C13H19N3O2.ClH/c1-2-15-13(18)11-5-3-4-10(8-11)9-16-12(17)6-7-14;/h3-5,8H,2,6-7,9,14H2,1H3,(H,15,18)(H,16,17);1H. The van der Waals surface area contributed by atoms with Gasteiger partial charge in [-0.2, -0.15) is 0 Å². The van der Waals surface area contributed by atoms with Crippen LogP contribution in [0.4, 0.5) is 0 Å². The Morgan fingerprint density at radius 3 is 2.63 bits per heavy atom. The molecule has 0 spiro atoms. The minimum Gasteiger partial charge on any atom is -0.352 e. The molecule has 2 amide bonds. The van der Waals surface area contributed by atoms with E-state index in [9.17, 15) is 9.59 Å². The second-order valence-corrected chi connectivity index (χ2v) is 3.88. The summed E-state index contributed by atoms with van der Waals surface area (Å²) in [6.07, 6.45) is 0.315. The Bertz CT molecular complexity index is 424. The molecule has 106 valence electrons. The number of carbonyl (C=O) groups is 2. The van der Waals surface area contributed by atoms with E-state index >= 15 is 0 Å². The van der Waals surface area contributed by atoms with Crippen LogP contribution in [0.5, 0.6) is 0 Å². The number of nitrogens with two attached hydrogens (primary N) is 1. The van der Waals surface area contributed by atoms with Crippen LogP contribution in [-0.2, 0) is 11.3 Å². The fourth-order valence-electron chi connectivity index (χ4n) is 1.51. The van der Waals surface area contributed by atoms with E-state index in [1.54, 1.807) is 18.2 Å². The molecule has 0 saturated carbocycles. The van der Waals surface area contributed by atoms with E-state index in [1.165, 1.54) is 0 Å². The molecular weight excluding hydrogens is 266 g/mol. The van der Waals surface area contributed by atoms with Crippen molar-refractivity contribution in [1.82, 2.24) is 10.6 Å². The number of benzene rings is 1. The fourth-order valence-corrected chi connectivity index (χ4v) is 1.51. The summed E-state index contributed by atoms with van der Waals surface area (Å²) in [7, 11) is 0. The molecule has 0 bridgehead atoms. The van der Waals surface area contributed by atoms with E-state index in [0.29, 0.717) is 31.6 Å². The summed E-state index contributed by atoms with van der Waals surface area (Å²) in [5.74, 6) is -0.187. The van der Waals surface area contributed by atoms with Crippen molar-refractivity contribution in [2.75, 3.05) is 13.1 Å². The Labute approximate surface area is 119 Å². The van der Waals surface area contributed by atoms with Gasteiger partial charge in [-0.05, 0) is 24.6 Å². The fraction of sp³-hybridized carbons (Fsp3) is 0.385. The van der Waals surface area contributed by atoms with E-state index in [2.05, 4.69) is 10.6 Å². The van der Waals surface area contributed by atoms with Crippen LogP contribution >= 0.6 is 12.4 Å². The second kappa shape index (κ2) is 9.35. The van der Waals surface area contributed by atoms with E-state index in [4.69, 9.17) is 5.73 Å². The highest BCUT2D eigenvalue weighted by molar-refractivity contribution is 5.94. The van der Waals surface area contributed by atoms with Gasteiger partial charge in [-0.3, -0.25) is 9.59 Å². The molecule has 0 aromatic heterocycles. The molecule has 0 atom stereocenters. The Morgan fingerprint density at radius 2 is 2.00 bits per heavy atom. The number of hydrogen-bond acceptors (Lipinski definition) is 3. The molecule has 0 fully saturated rings. The lowest BCUT2D eigenvalue weighted by atomic mass is 10.1. The van der Waals surface area contributed by atoms with E-state index in [1.807, 2.05) is 13.0 Å². The molecule has 19 heavy (non-hydrogen) atoms. The zero-order valence-corrected chi connectivity index (χ0v) is 11.8. The third kappa shape index (κ3) is 6.22. The molecule has 0 aliphatic rings. The second-order valence-electron chi connectivity index (χ2n) is 3.88. The smallest absolute Gasteiger partial charge is 0.251 e. The summed E-state index contributed by atoms with van der Waals surface area (Å²) in [5.41, 5.74) is 6.77. The van der Waals surface area contributed by atoms with Crippen molar-refractivity contribution < 1.29 is 9.59 Å². The van der Waals surface area contributed by atoms with Gasteiger partial charge in [0, 0.05) is 31.6 Å². The van der Waals surface area contributed by atoms with Crippen molar-refractivity contribution in [2.24, 2.45) is 5.73 Å². The van der Waals surface area contributed by atoms with Crippen molar-refractivity contribution in [1.29, 1.82) is 0 Å². The molecule has 0 aliphatic heterocycles. The molecule has 0 aliphatic carbocycles. The molecule has 0 saturated heterocycles. The topological polar surface area (TPSA) is 84.2 Å². The van der Waals surface area contributed by atoms with Gasteiger partial charge in [0.1, 0.15) is 0 Å². The Morgan fingerprint density at radius 1 is 1.26 bits per heavy atom. The van der Waals surface area contributed by atoms with Crippen LogP contribution in [0, 0.1) is 0 Å². The number of rotatable bonds is 6. The van der Waals surface area contributed by atoms with Gasteiger partial charge in [-0.25, -0.2) is 0 Å². The molecule has 0 heterocycles. The average molecular weight is 286 g/mol. The van der Waals surface area contributed by atoms with Crippen molar-refractivity contribution >= 4 is 24.2 Å². The molecular formula is C13H20ClN3O2. The first-order valence-corrected chi connectivity index (χ1v) is 6.01. The Hall–Kier alpha value is -1.59. The predicted octanol–water partition coefficient (Wildman–Crippen LogP) is 0.823. The lowest BCUT2D eigenvalue weighted by molar-refractivity contribution is -0.121. The van der Waals surface area contributed by atoms with E-state index in [0.717, 1.165) is 5.56 Å². The minimum absolute atomic E-state index is 0. The highest BCUT2D eigenvalue weighted by atomic mass is 35.5. The van der Waals surface area contributed by atoms with Crippen LogP contribution in [0.25, 0.3) is 0 Å². The predicted molar refractivity (Wildman–Crippen MR) is 77.2 cm³/mol. The van der Waals surface area contributed by atoms with Crippen molar-refractivity contribution in [3.05, 3.63) is 35.4 Å². The highest BCUT2D eigenvalue weighted by Crippen LogP contribution is 2.05.